The molecular formula is C78H72Li4N14O4+6. The molecule has 0 atom stereocenters. The predicted octanol–water partition coefficient (Wildman–Crippen LogP) is -2.13. The number of hydrogen-bond acceptors (Lipinski definition) is 12. The molecule has 0 aliphatic rings. The summed E-state index contributed by atoms with van der Waals surface area (Å²) >= 11 is 0. The fourth-order valence-electron chi connectivity index (χ4n) is 5.42. The van der Waals surface area contributed by atoms with E-state index in [1.807, 2.05) is 281 Å². The Bertz CT molecular complexity index is 2990. The second-order valence-electron chi connectivity index (χ2n) is 17.1. The molecule has 10 heterocycles. The number of nitrogens with one attached hydrogen (secondary N) is 6. The summed E-state index contributed by atoms with van der Waals surface area (Å²) in [6.07, 6.45) is 36.5. The first-order valence-corrected chi connectivity index (χ1v) is 28.9. The molecule has 14 aromatic rings. The molecular weight excluding hydrogens is 1220 g/mol. The van der Waals surface area contributed by atoms with E-state index in [1.54, 1.807) is 49.6 Å². The number of pyridine rings is 10. The average Bonchev–Trinajstić information content (AvgIpc) is 1.18. The molecule has 0 saturated carbocycles. The molecule has 0 spiro atoms. The van der Waals surface area contributed by atoms with Gasteiger partial charge < -0.3 is 20.4 Å². The number of aromatic nitrogens is 10. The second kappa shape index (κ2) is 76.0. The third-order valence-corrected chi connectivity index (χ3v) is 9.84. The normalized spacial score (nSPS) is 7.80. The Morgan fingerprint density at radius 1 is 0.190 bits per heavy atom. The average molecular weight is 1300 g/mol. The number of hydrogen-bond donors (Lipinski definition) is 0. The number of aromatic amines is 6. The van der Waals surface area contributed by atoms with Gasteiger partial charge in [-0.3, -0.25) is 19.9 Å². The van der Waals surface area contributed by atoms with Gasteiger partial charge in [-0.25, -0.2) is 29.9 Å². The van der Waals surface area contributed by atoms with Crippen molar-refractivity contribution in [2.75, 3.05) is 0 Å². The van der Waals surface area contributed by atoms with Crippen molar-refractivity contribution >= 4 is 0 Å². The van der Waals surface area contributed by atoms with Gasteiger partial charge in [-0.05, 0) is 97.1 Å². The molecule has 0 amide bonds. The molecule has 6 N–H and O–H groups in total. The third kappa shape index (κ3) is 67.4. The van der Waals surface area contributed by atoms with Gasteiger partial charge in [-0.2, -0.15) is 21.0 Å². The Hall–Kier alpha value is -12.1. The first-order chi connectivity index (χ1) is 47.3. The van der Waals surface area contributed by atoms with Crippen LogP contribution in [-0.2, 0) is 0 Å². The van der Waals surface area contributed by atoms with Gasteiger partial charge in [0.15, 0.2) is 74.4 Å². The van der Waals surface area contributed by atoms with E-state index in [-0.39, 0.29) is 98.4 Å². The van der Waals surface area contributed by atoms with Crippen LogP contribution in [0.15, 0.2) is 403 Å². The largest absolute Gasteiger partial charge is 1.00 e. The molecule has 4 aromatic carbocycles. The molecule has 18 nitrogen and oxygen atoms in total. The van der Waals surface area contributed by atoms with Crippen molar-refractivity contribution in [3.8, 4) is 47.3 Å². The number of nitriles is 4. The number of benzene rings is 4. The van der Waals surface area contributed by atoms with Crippen LogP contribution in [0.5, 0.6) is 23.0 Å². The van der Waals surface area contributed by atoms with Crippen molar-refractivity contribution in [3.63, 3.8) is 0 Å². The molecule has 100 heavy (non-hydrogen) atoms. The van der Waals surface area contributed by atoms with Crippen molar-refractivity contribution in [1.82, 2.24) is 19.9 Å². The molecule has 476 valence electrons. The van der Waals surface area contributed by atoms with Gasteiger partial charge in [0.2, 0.25) is 0 Å². The third-order valence-electron chi connectivity index (χ3n) is 9.84. The van der Waals surface area contributed by atoms with Crippen LogP contribution in [0, 0.1) is 45.3 Å². The van der Waals surface area contributed by atoms with Crippen molar-refractivity contribution < 1.29 is 126 Å². The summed E-state index contributed by atoms with van der Waals surface area (Å²) in [5, 5.41) is 74.8. The van der Waals surface area contributed by atoms with Crippen molar-refractivity contribution in [2.45, 2.75) is 0 Å². The van der Waals surface area contributed by atoms with Crippen LogP contribution in [0.4, 0.5) is 0 Å². The van der Waals surface area contributed by atoms with Crippen molar-refractivity contribution in [3.05, 3.63) is 425 Å². The molecule has 22 heteroatoms. The van der Waals surface area contributed by atoms with Gasteiger partial charge in [-0.15, -0.1) is 23.0 Å². The summed E-state index contributed by atoms with van der Waals surface area (Å²) in [5.41, 5.74) is 2.09. The quantitative estimate of drug-likeness (QED) is 0.147. The van der Waals surface area contributed by atoms with Gasteiger partial charge >= 0.3 is 75.4 Å². The Morgan fingerprint density at radius 2 is 0.310 bits per heavy atom. The smallest absolute Gasteiger partial charge is 0.872 e. The molecule has 0 bridgehead atoms. The molecule has 0 radical (unpaired) electrons. The molecule has 10 aromatic heterocycles. The zero-order chi connectivity index (χ0) is 69.2. The fraction of sp³-hybridized carbons (Fsp3) is 0. The number of nitrogens with zero attached hydrogens (tertiary/aromatic N) is 8. The van der Waals surface area contributed by atoms with Crippen LogP contribution in [0.3, 0.4) is 0 Å². The summed E-state index contributed by atoms with van der Waals surface area (Å²) in [5.74, 6) is -0.244. The Balaban J connectivity index is -0.000000496. The van der Waals surface area contributed by atoms with Crippen LogP contribution < -0.4 is 126 Å². The minimum atomic E-state index is -0.0611. The first-order valence-electron chi connectivity index (χ1n) is 28.9. The SMILES string of the molecule is N#Cc1ccc([O-])cc1.N#Cc1ccc([O-])cc1.N#Cc1ccc([O-])cc1.N#Cc1ccc([O-])cc1.[Li+].[Li+].[Li+].[Li+].c1cc[nH+]cc1.c1cc[nH+]cc1.c1cc[nH+]cc1.c1cc[nH+]cc1.c1cc[nH+]cc1.c1cc[nH+]cc1.c1ccncc1.c1ccncc1.c1ccncc1.c1ccncc1. The molecule has 0 unspecified atom stereocenters. The second-order valence-corrected chi connectivity index (χ2v) is 17.1. The maximum Gasteiger partial charge on any atom is 1.00 e. The van der Waals surface area contributed by atoms with E-state index in [9.17, 15) is 20.4 Å². The maximum atomic E-state index is 10.4. The van der Waals surface area contributed by atoms with Crippen LogP contribution in [0.25, 0.3) is 0 Å². The minimum absolute atomic E-state index is 0. The number of rotatable bonds is 0. The fourth-order valence-corrected chi connectivity index (χ4v) is 5.42. The van der Waals surface area contributed by atoms with E-state index < -0.39 is 0 Å². The predicted molar refractivity (Wildman–Crippen MR) is 357 cm³/mol. The zero-order valence-corrected chi connectivity index (χ0v) is 56.3. The summed E-state index contributed by atoms with van der Waals surface area (Å²) in [6, 6.07) is 88.7. The first kappa shape index (κ1) is 94.3. The van der Waals surface area contributed by atoms with Crippen LogP contribution >= 0.6 is 0 Å². The van der Waals surface area contributed by atoms with E-state index in [0.717, 1.165) is 0 Å². The van der Waals surface area contributed by atoms with Crippen LogP contribution in [0.1, 0.15) is 22.3 Å². The van der Waals surface area contributed by atoms with E-state index >= 15 is 0 Å². The maximum absolute atomic E-state index is 10.4. The van der Waals surface area contributed by atoms with E-state index in [4.69, 9.17) is 21.0 Å². The van der Waals surface area contributed by atoms with Crippen LogP contribution in [0.2, 0.25) is 0 Å². The Labute approximate surface area is 634 Å². The van der Waals surface area contributed by atoms with Crippen molar-refractivity contribution in [2.24, 2.45) is 0 Å². The summed E-state index contributed by atoms with van der Waals surface area (Å²) in [6.45, 7) is 0. The topological polar surface area (TPSA) is 324 Å². The van der Waals surface area contributed by atoms with Gasteiger partial charge in [0.1, 0.15) is 0 Å². The van der Waals surface area contributed by atoms with E-state index in [2.05, 4.69) is 49.8 Å². The van der Waals surface area contributed by atoms with Gasteiger partial charge in [0, 0.05) is 122 Å². The molecule has 0 fully saturated rings. The molecule has 14 rings (SSSR count). The zero-order valence-electron chi connectivity index (χ0n) is 56.3. The number of H-pyrrole nitrogens is 6. The summed E-state index contributed by atoms with van der Waals surface area (Å²) < 4.78 is 0. The van der Waals surface area contributed by atoms with Gasteiger partial charge in [0.25, 0.3) is 0 Å². The van der Waals surface area contributed by atoms with E-state index in [0.29, 0.717) is 22.3 Å². The summed E-state index contributed by atoms with van der Waals surface area (Å²) in [4.78, 5) is 32.5. The van der Waals surface area contributed by atoms with Crippen molar-refractivity contribution in [1.29, 1.82) is 21.0 Å². The molecule has 0 saturated heterocycles. The molecule has 0 aliphatic heterocycles. The monoisotopic (exact) mass is 1300 g/mol. The summed E-state index contributed by atoms with van der Waals surface area (Å²) in [7, 11) is 0. The molecule has 0 aliphatic carbocycles. The minimum Gasteiger partial charge on any atom is -0.872 e. The standard InChI is InChI=1S/4C7H5NO.10C5H5N.4Li/c4*8-5-6-1-3-7(9)4-2-6;10*1-2-4-6-5-3-1;;;;/h4*1-4,9H;10*1-5H;;;;/q;;;;;;;;;;;;;;4*+1/p+2. The van der Waals surface area contributed by atoms with E-state index in [1.165, 1.54) is 97.1 Å². The van der Waals surface area contributed by atoms with Crippen LogP contribution in [-0.4, -0.2) is 19.9 Å². The van der Waals surface area contributed by atoms with Gasteiger partial charge in [-0.1, -0.05) is 109 Å². The Kier molecular flexibility index (Phi) is 71.6. The van der Waals surface area contributed by atoms with Gasteiger partial charge in [0.05, 0.1) is 46.5 Å². The Morgan fingerprint density at radius 3 is 0.370 bits per heavy atom.